The summed E-state index contributed by atoms with van der Waals surface area (Å²) in [5.74, 6) is -0.0569. The van der Waals surface area contributed by atoms with E-state index in [1.165, 1.54) is 0 Å². The van der Waals surface area contributed by atoms with Crippen molar-refractivity contribution in [1.82, 2.24) is 0 Å². The first-order valence-electron chi connectivity index (χ1n) is 5.24. The SMILES string of the molecule is O=C1OCC(COc2ccc(S(F)(F)(F)(F)F)cc2)O1. The van der Waals surface area contributed by atoms with Crippen molar-refractivity contribution in [2.75, 3.05) is 13.2 Å². The van der Waals surface area contributed by atoms with Gasteiger partial charge in [-0.15, -0.1) is 0 Å². The Morgan fingerprint density at radius 3 is 2.20 bits per heavy atom. The molecule has 0 saturated carbocycles. The number of hydrogen-bond acceptors (Lipinski definition) is 4. The normalized spacial score (nSPS) is 22.4. The van der Waals surface area contributed by atoms with E-state index in [-0.39, 0.29) is 31.1 Å². The number of hydrogen-bond donors (Lipinski definition) is 0. The van der Waals surface area contributed by atoms with Crippen molar-refractivity contribution in [3.63, 3.8) is 0 Å². The molecule has 1 aliphatic heterocycles. The quantitative estimate of drug-likeness (QED) is 0.614. The average molecular weight is 320 g/mol. The van der Waals surface area contributed by atoms with E-state index in [4.69, 9.17) is 4.74 Å². The van der Waals surface area contributed by atoms with Gasteiger partial charge in [0.1, 0.15) is 23.9 Å². The molecule has 0 N–H and O–H groups in total. The van der Waals surface area contributed by atoms with E-state index in [0.717, 1.165) is 12.1 Å². The van der Waals surface area contributed by atoms with Crippen molar-refractivity contribution < 1.29 is 38.4 Å². The van der Waals surface area contributed by atoms with Crippen molar-refractivity contribution >= 4 is 16.4 Å². The van der Waals surface area contributed by atoms with Crippen LogP contribution in [-0.2, 0) is 9.47 Å². The summed E-state index contributed by atoms with van der Waals surface area (Å²) in [6, 6.07) is 2.03. The molecule has 0 radical (unpaired) electrons. The summed E-state index contributed by atoms with van der Waals surface area (Å²) in [6.07, 6.45) is -1.55. The number of rotatable bonds is 4. The second-order valence-electron chi connectivity index (χ2n) is 4.05. The molecule has 1 aliphatic rings. The van der Waals surface area contributed by atoms with Gasteiger partial charge in [0.05, 0.1) is 0 Å². The molecule has 1 saturated heterocycles. The van der Waals surface area contributed by atoms with Crippen LogP contribution < -0.4 is 4.74 Å². The van der Waals surface area contributed by atoms with E-state index in [1.54, 1.807) is 0 Å². The number of carbonyl (C=O) groups is 1. The van der Waals surface area contributed by atoms with Gasteiger partial charge in [0.2, 0.25) is 0 Å². The smallest absolute Gasteiger partial charge is 0.490 e. The second kappa shape index (κ2) is 3.90. The minimum absolute atomic E-state index is 0.0393. The molecule has 1 aromatic carbocycles. The lowest BCUT2D eigenvalue weighted by atomic mass is 10.3. The van der Waals surface area contributed by atoms with Crippen LogP contribution in [0.1, 0.15) is 0 Å². The Kier molecular flexibility index (Phi) is 2.87. The van der Waals surface area contributed by atoms with Gasteiger partial charge >= 0.3 is 16.4 Å². The van der Waals surface area contributed by atoms with Gasteiger partial charge in [0.25, 0.3) is 0 Å². The lowest BCUT2D eigenvalue weighted by Crippen LogP contribution is -2.20. The highest BCUT2D eigenvalue weighted by atomic mass is 32.5. The Morgan fingerprint density at radius 1 is 1.15 bits per heavy atom. The standard InChI is InChI=1S/C10H9F5O4S/c11-20(12,13,14,15)9-3-1-7(2-4-9)17-5-8-6-18-10(16)19-8/h1-4,8H,5-6H2. The van der Waals surface area contributed by atoms with E-state index in [1.807, 2.05) is 0 Å². The van der Waals surface area contributed by atoms with Crippen molar-refractivity contribution in [2.24, 2.45) is 0 Å². The Morgan fingerprint density at radius 2 is 1.75 bits per heavy atom. The first-order valence-corrected chi connectivity index (χ1v) is 7.19. The van der Waals surface area contributed by atoms with Crippen LogP contribution in [0, 0.1) is 0 Å². The van der Waals surface area contributed by atoms with Crippen molar-refractivity contribution in [1.29, 1.82) is 0 Å². The van der Waals surface area contributed by atoms with E-state index < -0.39 is 27.4 Å². The lowest BCUT2D eigenvalue weighted by Gasteiger charge is -2.40. The van der Waals surface area contributed by atoms with Crippen LogP contribution in [0.5, 0.6) is 5.75 Å². The van der Waals surface area contributed by atoms with Gasteiger partial charge in [-0.05, 0) is 24.3 Å². The molecule has 0 aliphatic carbocycles. The van der Waals surface area contributed by atoms with Crippen LogP contribution in [0.3, 0.4) is 0 Å². The molecule has 0 amide bonds. The zero-order valence-electron chi connectivity index (χ0n) is 9.73. The molecule has 4 nitrogen and oxygen atoms in total. The molecule has 10 heteroatoms. The predicted molar refractivity (Wildman–Crippen MR) is 59.6 cm³/mol. The molecule has 0 spiro atoms. The maximum absolute atomic E-state index is 12.4. The van der Waals surface area contributed by atoms with E-state index in [0.29, 0.717) is 0 Å². The molecule has 114 valence electrons. The van der Waals surface area contributed by atoms with Crippen molar-refractivity contribution in [2.45, 2.75) is 11.0 Å². The monoisotopic (exact) mass is 320 g/mol. The number of benzene rings is 1. The maximum atomic E-state index is 12.4. The lowest BCUT2D eigenvalue weighted by molar-refractivity contribution is 0.0983. The second-order valence-corrected chi connectivity index (χ2v) is 6.46. The molecular weight excluding hydrogens is 311 g/mol. The largest absolute Gasteiger partial charge is 0.508 e. The summed E-state index contributed by atoms with van der Waals surface area (Å²) >= 11 is 0. The number of ether oxygens (including phenoxy) is 3. The number of cyclic esters (lactones) is 2. The third-order valence-electron chi connectivity index (χ3n) is 2.36. The van der Waals surface area contributed by atoms with Crippen LogP contribution in [0.4, 0.5) is 24.2 Å². The Balaban J connectivity index is 2.01. The third kappa shape index (κ3) is 3.65. The zero-order valence-corrected chi connectivity index (χ0v) is 10.5. The molecule has 1 unspecified atom stereocenters. The molecular formula is C10H9F5O4S. The number of carbonyl (C=O) groups excluding carboxylic acids is 1. The van der Waals surface area contributed by atoms with Crippen molar-refractivity contribution in [3.8, 4) is 5.75 Å². The Bertz CT molecular complexity index is 526. The third-order valence-corrected chi connectivity index (χ3v) is 3.52. The van der Waals surface area contributed by atoms with Crippen LogP contribution in [0.25, 0.3) is 0 Å². The van der Waals surface area contributed by atoms with Crippen LogP contribution in [0.15, 0.2) is 29.2 Å². The highest BCUT2D eigenvalue weighted by Crippen LogP contribution is 3.02. The van der Waals surface area contributed by atoms with Crippen LogP contribution >= 0.6 is 10.2 Å². The summed E-state index contributed by atoms with van der Waals surface area (Å²) < 4.78 is 76.3. The van der Waals surface area contributed by atoms with E-state index in [9.17, 15) is 24.2 Å². The maximum Gasteiger partial charge on any atom is 0.508 e. The molecule has 1 heterocycles. The highest BCUT2D eigenvalue weighted by molar-refractivity contribution is 8.45. The first kappa shape index (κ1) is 14.7. The number of halogens is 5. The van der Waals surface area contributed by atoms with Gasteiger partial charge in [-0.2, -0.15) is 0 Å². The van der Waals surface area contributed by atoms with Gasteiger partial charge in [0.15, 0.2) is 6.10 Å². The van der Waals surface area contributed by atoms with Gasteiger partial charge in [0, 0.05) is 0 Å². The zero-order chi connectivity index (χ0) is 15.1. The minimum atomic E-state index is -9.66. The summed E-state index contributed by atoms with van der Waals surface area (Å²) in [5, 5.41) is 0. The summed E-state index contributed by atoms with van der Waals surface area (Å²) in [4.78, 5) is 8.59. The summed E-state index contributed by atoms with van der Waals surface area (Å²) in [6.45, 7) is -0.191. The van der Waals surface area contributed by atoms with Crippen molar-refractivity contribution in [3.05, 3.63) is 24.3 Å². The van der Waals surface area contributed by atoms with E-state index in [2.05, 4.69) is 9.47 Å². The van der Waals surface area contributed by atoms with Gasteiger partial charge in [-0.25, -0.2) is 4.79 Å². The predicted octanol–water partition coefficient (Wildman–Crippen LogP) is 4.26. The Labute approximate surface area is 110 Å². The molecule has 20 heavy (non-hydrogen) atoms. The van der Waals surface area contributed by atoms with Gasteiger partial charge in [-0.1, -0.05) is 19.4 Å². The summed E-state index contributed by atoms with van der Waals surface area (Å²) in [7, 11) is -9.66. The topological polar surface area (TPSA) is 44.8 Å². The molecule has 1 atom stereocenters. The molecule has 0 bridgehead atoms. The molecule has 1 aromatic rings. The van der Waals surface area contributed by atoms with Gasteiger partial charge < -0.3 is 14.2 Å². The molecule has 1 fully saturated rings. The van der Waals surface area contributed by atoms with Crippen LogP contribution in [0.2, 0.25) is 0 Å². The van der Waals surface area contributed by atoms with E-state index >= 15 is 0 Å². The fourth-order valence-electron chi connectivity index (χ4n) is 1.43. The fourth-order valence-corrected chi connectivity index (χ4v) is 2.08. The average Bonchev–Trinajstić information content (AvgIpc) is 2.70. The summed E-state index contributed by atoms with van der Waals surface area (Å²) in [5.41, 5.74) is 0. The molecule has 2 rings (SSSR count). The Hall–Kier alpha value is -1.71. The fraction of sp³-hybridized carbons (Fsp3) is 0.300. The molecule has 0 aromatic heterocycles. The van der Waals surface area contributed by atoms with Crippen LogP contribution in [-0.4, -0.2) is 25.5 Å². The minimum Gasteiger partial charge on any atom is -0.490 e. The van der Waals surface area contributed by atoms with Gasteiger partial charge in [-0.3, -0.25) is 0 Å². The first-order chi connectivity index (χ1) is 8.94. The highest BCUT2D eigenvalue weighted by Gasteiger charge is 2.65.